The number of hydrogen-bond acceptors (Lipinski definition) is 3. The fraction of sp³-hybridized carbons (Fsp3) is 0.412. The van der Waals surface area contributed by atoms with Crippen LogP contribution in [0.25, 0.3) is 0 Å². The summed E-state index contributed by atoms with van der Waals surface area (Å²) in [7, 11) is 0. The number of benzene rings is 1. The Kier molecular flexibility index (Phi) is 3.14. The molecule has 0 unspecified atom stereocenters. The van der Waals surface area contributed by atoms with Crippen molar-refractivity contribution >= 4 is 5.97 Å². The quantitative estimate of drug-likeness (QED) is 0.894. The number of carboxylic acids is 1. The molecule has 1 aromatic carbocycles. The van der Waals surface area contributed by atoms with E-state index in [0.29, 0.717) is 6.42 Å². The minimum Gasteiger partial charge on any atom is -0.477 e. The molecule has 2 N–H and O–H groups in total. The molecule has 0 fully saturated rings. The Labute approximate surface area is 129 Å². The van der Waals surface area contributed by atoms with Crippen molar-refractivity contribution in [2.75, 3.05) is 0 Å². The molecule has 0 saturated carbocycles. The van der Waals surface area contributed by atoms with Crippen molar-refractivity contribution in [3.63, 3.8) is 0 Å². The second kappa shape index (κ2) is 4.68. The summed E-state index contributed by atoms with van der Waals surface area (Å²) < 4.78 is 1.70. The minimum absolute atomic E-state index is 0.162. The summed E-state index contributed by atoms with van der Waals surface area (Å²) in [6.45, 7) is 5.91. The van der Waals surface area contributed by atoms with E-state index in [2.05, 4.69) is 4.98 Å². The van der Waals surface area contributed by atoms with Gasteiger partial charge in [-0.3, -0.25) is 0 Å². The number of aromatic carboxylic acids is 1. The van der Waals surface area contributed by atoms with Gasteiger partial charge in [0.15, 0.2) is 0 Å². The van der Waals surface area contributed by atoms with Crippen molar-refractivity contribution in [3.8, 4) is 0 Å². The molecule has 0 amide bonds. The fourth-order valence-corrected chi connectivity index (χ4v) is 3.93. The van der Waals surface area contributed by atoms with Crippen LogP contribution in [-0.2, 0) is 5.60 Å². The van der Waals surface area contributed by atoms with E-state index in [9.17, 15) is 15.0 Å². The molecular formula is C17H20N2O3. The SMILES string of the molecule is CC1(C)C[C@](C)(O)c2ccccc2[C@@H]1n1cncc1C(=O)O. The first-order chi connectivity index (χ1) is 10.2. The molecule has 0 bridgehead atoms. The summed E-state index contributed by atoms with van der Waals surface area (Å²) in [4.78, 5) is 15.5. The molecule has 0 aliphatic heterocycles. The van der Waals surface area contributed by atoms with Crippen LogP contribution in [0.15, 0.2) is 36.8 Å². The highest BCUT2D eigenvalue weighted by Gasteiger charge is 2.46. The highest BCUT2D eigenvalue weighted by atomic mass is 16.4. The van der Waals surface area contributed by atoms with Crippen molar-refractivity contribution in [2.45, 2.75) is 38.8 Å². The molecule has 0 radical (unpaired) electrons. The van der Waals surface area contributed by atoms with Gasteiger partial charge >= 0.3 is 5.97 Å². The van der Waals surface area contributed by atoms with Gasteiger partial charge in [-0.1, -0.05) is 38.1 Å². The monoisotopic (exact) mass is 300 g/mol. The van der Waals surface area contributed by atoms with Gasteiger partial charge in [0.05, 0.1) is 24.2 Å². The maximum Gasteiger partial charge on any atom is 0.354 e. The van der Waals surface area contributed by atoms with Crippen LogP contribution in [0, 0.1) is 5.41 Å². The Balaban J connectivity index is 2.25. The number of hydrogen-bond donors (Lipinski definition) is 2. The van der Waals surface area contributed by atoms with E-state index in [4.69, 9.17) is 0 Å². The molecule has 2 atom stereocenters. The summed E-state index contributed by atoms with van der Waals surface area (Å²) in [6.07, 6.45) is 3.47. The van der Waals surface area contributed by atoms with Crippen molar-refractivity contribution in [1.29, 1.82) is 0 Å². The van der Waals surface area contributed by atoms with Crippen molar-refractivity contribution < 1.29 is 15.0 Å². The third-order valence-electron chi connectivity index (χ3n) is 4.54. The molecular weight excluding hydrogens is 280 g/mol. The predicted octanol–water partition coefficient (Wildman–Crippen LogP) is 2.81. The molecule has 116 valence electrons. The maximum atomic E-state index is 11.5. The topological polar surface area (TPSA) is 75.3 Å². The molecule has 5 heteroatoms. The average Bonchev–Trinajstić information content (AvgIpc) is 2.86. The number of carboxylic acid groups (broad SMARTS) is 1. The number of carbonyl (C=O) groups is 1. The third kappa shape index (κ3) is 2.13. The van der Waals surface area contributed by atoms with E-state index >= 15 is 0 Å². The van der Waals surface area contributed by atoms with E-state index in [0.717, 1.165) is 11.1 Å². The summed E-state index contributed by atoms with van der Waals surface area (Å²) >= 11 is 0. The second-order valence-corrected chi connectivity index (χ2v) is 6.92. The molecule has 3 rings (SSSR count). The van der Waals surface area contributed by atoms with Gasteiger partial charge in [0.2, 0.25) is 0 Å². The van der Waals surface area contributed by atoms with Gasteiger partial charge in [-0.25, -0.2) is 9.78 Å². The lowest BCUT2D eigenvalue weighted by atomic mass is 9.64. The van der Waals surface area contributed by atoms with E-state index < -0.39 is 11.6 Å². The van der Waals surface area contributed by atoms with Crippen LogP contribution >= 0.6 is 0 Å². The van der Waals surface area contributed by atoms with Crippen LogP contribution in [0.5, 0.6) is 0 Å². The van der Waals surface area contributed by atoms with Crippen molar-refractivity contribution in [2.24, 2.45) is 5.41 Å². The van der Waals surface area contributed by atoms with Crippen LogP contribution < -0.4 is 0 Å². The van der Waals surface area contributed by atoms with Crippen molar-refractivity contribution in [3.05, 3.63) is 53.6 Å². The molecule has 5 nitrogen and oxygen atoms in total. The normalized spacial score (nSPS) is 26.5. The Morgan fingerprint density at radius 1 is 1.32 bits per heavy atom. The third-order valence-corrected chi connectivity index (χ3v) is 4.54. The van der Waals surface area contributed by atoms with E-state index in [1.54, 1.807) is 10.9 Å². The fourth-order valence-electron chi connectivity index (χ4n) is 3.93. The number of imidazole rings is 1. The van der Waals surface area contributed by atoms with E-state index in [1.165, 1.54) is 6.20 Å². The number of aromatic nitrogens is 2. The smallest absolute Gasteiger partial charge is 0.354 e. The first-order valence-corrected chi connectivity index (χ1v) is 7.31. The predicted molar refractivity (Wildman–Crippen MR) is 81.7 cm³/mol. The maximum absolute atomic E-state index is 11.5. The average molecular weight is 300 g/mol. The number of aliphatic hydroxyl groups is 1. The lowest BCUT2D eigenvalue weighted by Crippen LogP contribution is -2.42. The lowest BCUT2D eigenvalue weighted by molar-refractivity contribution is -0.0168. The minimum atomic E-state index is -0.997. The lowest BCUT2D eigenvalue weighted by Gasteiger charge is -2.47. The van der Waals surface area contributed by atoms with Gasteiger partial charge in [-0.2, -0.15) is 0 Å². The first kappa shape index (κ1) is 14.8. The number of rotatable bonds is 2. The van der Waals surface area contributed by atoms with Crippen LogP contribution in [-0.4, -0.2) is 25.7 Å². The largest absolute Gasteiger partial charge is 0.477 e. The Morgan fingerprint density at radius 3 is 2.68 bits per heavy atom. The molecule has 1 aromatic heterocycles. The highest BCUT2D eigenvalue weighted by molar-refractivity contribution is 5.85. The molecule has 1 aliphatic carbocycles. The van der Waals surface area contributed by atoms with Gasteiger partial charge in [0.1, 0.15) is 5.69 Å². The van der Waals surface area contributed by atoms with Crippen LogP contribution in [0.3, 0.4) is 0 Å². The summed E-state index contributed by atoms with van der Waals surface area (Å²) in [6, 6.07) is 7.50. The highest BCUT2D eigenvalue weighted by Crippen LogP contribution is 2.52. The van der Waals surface area contributed by atoms with Crippen LogP contribution in [0.1, 0.15) is 54.8 Å². The Hall–Kier alpha value is -2.14. The van der Waals surface area contributed by atoms with Gasteiger partial charge in [0, 0.05) is 0 Å². The van der Waals surface area contributed by atoms with Crippen LogP contribution in [0.4, 0.5) is 0 Å². The molecule has 1 heterocycles. The van der Waals surface area contributed by atoms with Crippen molar-refractivity contribution in [1.82, 2.24) is 9.55 Å². The zero-order valence-corrected chi connectivity index (χ0v) is 12.9. The number of nitrogens with zero attached hydrogens (tertiary/aromatic N) is 2. The summed E-state index contributed by atoms with van der Waals surface area (Å²) in [5, 5.41) is 20.2. The van der Waals surface area contributed by atoms with Gasteiger partial charge in [0.25, 0.3) is 0 Å². The molecule has 22 heavy (non-hydrogen) atoms. The second-order valence-electron chi connectivity index (χ2n) is 6.92. The summed E-state index contributed by atoms with van der Waals surface area (Å²) in [5.74, 6) is -0.997. The zero-order valence-electron chi connectivity index (χ0n) is 12.9. The first-order valence-electron chi connectivity index (χ1n) is 7.31. The van der Waals surface area contributed by atoms with E-state index in [-0.39, 0.29) is 17.2 Å². The Bertz CT molecular complexity index is 731. The van der Waals surface area contributed by atoms with Crippen LogP contribution in [0.2, 0.25) is 0 Å². The zero-order chi connectivity index (χ0) is 16.1. The van der Waals surface area contributed by atoms with Gasteiger partial charge in [-0.15, -0.1) is 0 Å². The molecule has 0 spiro atoms. The molecule has 0 saturated heterocycles. The number of fused-ring (bicyclic) bond motifs is 1. The van der Waals surface area contributed by atoms with Gasteiger partial charge in [-0.05, 0) is 29.9 Å². The molecule has 2 aromatic rings. The van der Waals surface area contributed by atoms with Gasteiger partial charge < -0.3 is 14.8 Å². The Morgan fingerprint density at radius 2 is 2.00 bits per heavy atom. The summed E-state index contributed by atoms with van der Waals surface area (Å²) in [5.41, 5.74) is 0.714. The standard InChI is InChI=1S/C17H20N2O3/c1-16(2)9-17(3,22)12-7-5-4-6-11(12)14(16)19-10-18-8-13(19)15(20)21/h4-8,10,14,22H,9H2,1-3H3,(H,20,21)/t14-,17-/m0/s1. The molecule has 1 aliphatic rings. The van der Waals surface area contributed by atoms with E-state index in [1.807, 2.05) is 45.0 Å².